The number of benzene rings is 1. The van der Waals surface area contributed by atoms with Crippen LogP contribution >= 0.6 is 11.6 Å². The lowest BCUT2D eigenvalue weighted by atomic mass is 10.1. The Bertz CT molecular complexity index is 1200. The van der Waals surface area contributed by atoms with Crippen LogP contribution in [0, 0.1) is 0 Å². The maximum Gasteiger partial charge on any atom is 0.326 e. The molecular weight excluding hydrogens is 472 g/mol. The van der Waals surface area contributed by atoms with Crippen molar-refractivity contribution in [1.82, 2.24) is 15.3 Å². The van der Waals surface area contributed by atoms with Crippen LogP contribution < -0.4 is 15.4 Å². The molecule has 3 aromatic rings. The smallest absolute Gasteiger partial charge is 0.326 e. The van der Waals surface area contributed by atoms with Gasteiger partial charge in [-0.25, -0.2) is 14.8 Å². The lowest BCUT2D eigenvalue weighted by Crippen LogP contribution is -2.42. The van der Waals surface area contributed by atoms with Gasteiger partial charge in [-0.2, -0.15) is 0 Å². The molecule has 182 valence electrons. The second kappa shape index (κ2) is 11.1. The molecule has 1 atom stereocenters. The Morgan fingerprint density at radius 2 is 2.06 bits per heavy atom. The van der Waals surface area contributed by atoms with Crippen molar-refractivity contribution >= 4 is 29.3 Å². The van der Waals surface area contributed by atoms with Crippen LogP contribution in [-0.2, 0) is 24.1 Å². The highest BCUT2D eigenvalue weighted by molar-refractivity contribution is 6.34. The standard InChI is InChI=1S/C25H25ClN4O5/c26-18-4-1-5-20(31)22(18)24(32)30-19(25(33)34)13-15-6-9-21(28-14-15)35-12-10-17-8-7-16-3-2-11-27-23(16)29-17/h1,4-9,14,19,31H,2-3,10-13H2,(H,27,29)(H,30,32)(H,33,34). The number of aromatic hydroxyl groups is 1. The van der Waals surface area contributed by atoms with Crippen molar-refractivity contribution in [3.05, 3.63) is 76.1 Å². The lowest BCUT2D eigenvalue weighted by Gasteiger charge is -2.17. The van der Waals surface area contributed by atoms with Crippen molar-refractivity contribution in [3.8, 4) is 11.6 Å². The SMILES string of the molecule is O=C(NC(Cc1ccc(OCCc2ccc3c(n2)NCCC3)nc1)C(=O)O)c1c(O)cccc1Cl. The molecule has 0 spiro atoms. The minimum atomic E-state index is -1.24. The van der Waals surface area contributed by atoms with Gasteiger partial charge in [-0.15, -0.1) is 0 Å². The fourth-order valence-electron chi connectivity index (χ4n) is 3.79. The summed E-state index contributed by atoms with van der Waals surface area (Å²) in [5, 5.41) is 25.2. The number of amides is 1. The Morgan fingerprint density at radius 1 is 1.20 bits per heavy atom. The van der Waals surface area contributed by atoms with E-state index in [1.807, 2.05) is 6.07 Å². The number of aromatic nitrogens is 2. The molecule has 4 N–H and O–H groups in total. The van der Waals surface area contributed by atoms with E-state index in [-0.39, 0.29) is 22.8 Å². The highest BCUT2D eigenvalue weighted by Gasteiger charge is 2.24. The first-order valence-electron chi connectivity index (χ1n) is 11.2. The number of fused-ring (bicyclic) bond motifs is 1. The molecule has 0 saturated carbocycles. The highest BCUT2D eigenvalue weighted by atomic mass is 35.5. The van der Waals surface area contributed by atoms with Crippen molar-refractivity contribution in [2.75, 3.05) is 18.5 Å². The van der Waals surface area contributed by atoms with Crippen LogP contribution in [0.15, 0.2) is 48.7 Å². The number of hydrogen-bond donors (Lipinski definition) is 4. The van der Waals surface area contributed by atoms with Crippen LogP contribution in [0.4, 0.5) is 5.82 Å². The molecule has 3 heterocycles. The largest absolute Gasteiger partial charge is 0.507 e. The number of carboxylic acids is 1. The maximum absolute atomic E-state index is 12.5. The molecule has 1 unspecified atom stereocenters. The summed E-state index contributed by atoms with van der Waals surface area (Å²) in [5.41, 5.74) is 2.58. The molecule has 10 heteroatoms. The van der Waals surface area contributed by atoms with Crippen LogP contribution in [0.3, 0.4) is 0 Å². The number of ether oxygens (including phenoxy) is 1. The number of phenols is 1. The van der Waals surface area contributed by atoms with E-state index in [1.165, 1.54) is 30.0 Å². The van der Waals surface area contributed by atoms with Crippen LogP contribution in [0.1, 0.15) is 33.6 Å². The quantitative estimate of drug-likeness (QED) is 0.355. The van der Waals surface area contributed by atoms with E-state index < -0.39 is 17.9 Å². The number of nitrogens with one attached hydrogen (secondary N) is 2. The van der Waals surface area contributed by atoms with E-state index in [0.717, 1.165) is 30.9 Å². The molecule has 0 fully saturated rings. The zero-order valence-electron chi connectivity index (χ0n) is 18.8. The van der Waals surface area contributed by atoms with Crippen LogP contribution in [0.2, 0.25) is 5.02 Å². The Morgan fingerprint density at radius 3 is 2.80 bits per heavy atom. The number of nitrogens with zero attached hydrogens (tertiary/aromatic N) is 2. The third-order valence-corrected chi connectivity index (χ3v) is 5.93. The number of rotatable bonds is 9. The molecule has 1 aliphatic rings. The van der Waals surface area contributed by atoms with Crippen molar-refractivity contribution in [1.29, 1.82) is 0 Å². The van der Waals surface area contributed by atoms with Gasteiger partial charge < -0.3 is 25.6 Å². The second-order valence-electron chi connectivity index (χ2n) is 8.15. The van der Waals surface area contributed by atoms with Crippen molar-refractivity contribution in [2.24, 2.45) is 0 Å². The van der Waals surface area contributed by atoms with Gasteiger partial charge in [0.15, 0.2) is 0 Å². The molecule has 0 radical (unpaired) electrons. The monoisotopic (exact) mass is 496 g/mol. The fraction of sp³-hybridized carbons (Fsp3) is 0.280. The number of phenolic OH excluding ortho intramolecular Hbond substituents is 1. The number of carbonyl (C=O) groups is 2. The normalized spacial score (nSPS) is 13.3. The van der Waals surface area contributed by atoms with E-state index >= 15 is 0 Å². The Labute approximate surface area is 207 Å². The molecule has 0 aliphatic carbocycles. The third kappa shape index (κ3) is 6.19. The minimum absolute atomic E-state index is 0.00832. The van der Waals surface area contributed by atoms with E-state index in [1.54, 1.807) is 12.1 Å². The summed E-state index contributed by atoms with van der Waals surface area (Å²) in [6, 6.07) is 10.4. The van der Waals surface area contributed by atoms with E-state index in [0.29, 0.717) is 24.5 Å². The van der Waals surface area contributed by atoms with E-state index in [9.17, 15) is 19.8 Å². The van der Waals surface area contributed by atoms with Gasteiger partial charge in [0.05, 0.1) is 17.2 Å². The number of aryl methyl sites for hydroxylation is 1. The number of pyridine rings is 2. The molecule has 1 aliphatic heterocycles. The van der Waals surface area contributed by atoms with Gasteiger partial charge in [0, 0.05) is 37.3 Å². The first-order chi connectivity index (χ1) is 16.9. The zero-order valence-corrected chi connectivity index (χ0v) is 19.6. The van der Waals surface area contributed by atoms with E-state index in [4.69, 9.17) is 16.3 Å². The van der Waals surface area contributed by atoms with Crippen molar-refractivity contribution < 1.29 is 24.5 Å². The van der Waals surface area contributed by atoms with E-state index in [2.05, 4.69) is 26.7 Å². The Hall–Kier alpha value is -3.85. The number of hydrogen-bond acceptors (Lipinski definition) is 7. The van der Waals surface area contributed by atoms with Gasteiger partial charge in [0.2, 0.25) is 5.88 Å². The fourth-order valence-corrected chi connectivity index (χ4v) is 4.04. The molecule has 2 aromatic heterocycles. The maximum atomic E-state index is 12.5. The number of aliphatic carboxylic acids is 1. The average Bonchev–Trinajstić information content (AvgIpc) is 2.84. The molecule has 0 bridgehead atoms. The molecule has 35 heavy (non-hydrogen) atoms. The number of carboxylic acid groups (broad SMARTS) is 1. The van der Waals surface area contributed by atoms with Crippen LogP contribution in [0.25, 0.3) is 0 Å². The molecular formula is C25H25ClN4O5. The summed E-state index contributed by atoms with van der Waals surface area (Å²) in [5.74, 6) is -0.983. The van der Waals surface area contributed by atoms with Crippen molar-refractivity contribution in [3.63, 3.8) is 0 Å². The van der Waals surface area contributed by atoms with Gasteiger partial charge in [0.25, 0.3) is 5.91 Å². The second-order valence-corrected chi connectivity index (χ2v) is 8.55. The molecule has 1 amide bonds. The van der Waals surface area contributed by atoms with Crippen molar-refractivity contribution in [2.45, 2.75) is 31.7 Å². The summed E-state index contributed by atoms with van der Waals surface area (Å²) in [6.07, 6.45) is 4.28. The summed E-state index contributed by atoms with van der Waals surface area (Å²) >= 11 is 5.98. The topological polar surface area (TPSA) is 134 Å². The van der Waals surface area contributed by atoms with Crippen LogP contribution in [0.5, 0.6) is 11.6 Å². The third-order valence-electron chi connectivity index (χ3n) is 5.62. The predicted molar refractivity (Wildman–Crippen MR) is 130 cm³/mol. The average molecular weight is 497 g/mol. The van der Waals surface area contributed by atoms with Gasteiger partial charge in [-0.1, -0.05) is 29.8 Å². The van der Waals surface area contributed by atoms with Gasteiger partial charge >= 0.3 is 5.97 Å². The number of carbonyl (C=O) groups excluding carboxylic acids is 1. The summed E-state index contributed by atoms with van der Waals surface area (Å²) in [4.78, 5) is 33.1. The molecule has 4 rings (SSSR count). The first kappa shape index (κ1) is 24.3. The van der Waals surface area contributed by atoms with Gasteiger partial charge in [-0.05, 0) is 42.2 Å². The lowest BCUT2D eigenvalue weighted by molar-refractivity contribution is -0.139. The molecule has 9 nitrogen and oxygen atoms in total. The first-order valence-corrected chi connectivity index (χ1v) is 11.6. The Kier molecular flexibility index (Phi) is 7.67. The highest BCUT2D eigenvalue weighted by Crippen LogP contribution is 2.25. The number of halogens is 1. The number of anilines is 1. The zero-order chi connectivity index (χ0) is 24.8. The molecule has 0 saturated heterocycles. The van der Waals surface area contributed by atoms with Gasteiger partial charge in [-0.3, -0.25) is 4.79 Å². The minimum Gasteiger partial charge on any atom is -0.507 e. The summed E-state index contributed by atoms with van der Waals surface area (Å²) in [7, 11) is 0. The van der Waals surface area contributed by atoms with Crippen LogP contribution in [-0.4, -0.2) is 51.3 Å². The predicted octanol–water partition coefficient (Wildman–Crippen LogP) is 3.24. The molecule has 1 aromatic carbocycles. The van der Waals surface area contributed by atoms with Gasteiger partial charge in [0.1, 0.15) is 17.6 Å². The summed E-state index contributed by atoms with van der Waals surface area (Å²) < 4.78 is 5.71. The summed E-state index contributed by atoms with van der Waals surface area (Å²) in [6.45, 7) is 1.33. The Balaban J connectivity index is 1.31.